The van der Waals surface area contributed by atoms with Crippen molar-refractivity contribution in [1.82, 2.24) is 29.1 Å². The molecule has 0 saturated heterocycles. The minimum Gasteiger partial charge on any atom is -0.381 e. The summed E-state index contributed by atoms with van der Waals surface area (Å²) >= 11 is 0. The molecule has 8 rings (SSSR count). The zero-order valence-electron chi connectivity index (χ0n) is 19.0. The summed E-state index contributed by atoms with van der Waals surface area (Å²) in [5.41, 5.74) is 11.6. The maximum absolute atomic E-state index is 13.7. The number of nitrogen functional groups attached to an aromatic ring is 1. The molecule has 1 amide bonds. The van der Waals surface area contributed by atoms with E-state index >= 15 is 0 Å². The molecule has 3 N–H and O–H groups in total. The topological polar surface area (TPSA) is 103 Å². The van der Waals surface area contributed by atoms with Crippen LogP contribution in [0.5, 0.6) is 0 Å². The lowest BCUT2D eigenvalue weighted by atomic mass is 9.50. The number of carbonyl (C=O) groups is 1. The number of nitrogens with one attached hydrogen (secondary N) is 1. The van der Waals surface area contributed by atoms with Gasteiger partial charge < -0.3 is 15.5 Å². The predicted octanol–water partition coefficient (Wildman–Crippen LogP) is 4.02. The summed E-state index contributed by atoms with van der Waals surface area (Å²) in [6.07, 6.45) is 8.61. The molecular formula is C26H22FN7O. The van der Waals surface area contributed by atoms with Crippen molar-refractivity contribution < 1.29 is 9.18 Å². The molecule has 9 heteroatoms. The fourth-order valence-corrected chi connectivity index (χ4v) is 5.44. The van der Waals surface area contributed by atoms with Crippen LogP contribution in [0.3, 0.4) is 0 Å². The molecular weight excluding hydrogens is 445 g/mol. The zero-order chi connectivity index (χ0) is 23.9. The SMILES string of the molecule is Cc1cnc2ccc(-c3c(-c4ccc(F)cc4)nc(N)c4nc(C(=O)NC56CC(C5)C6)cn34)cn12. The van der Waals surface area contributed by atoms with Gasteiger partial charge in [-0.05, 0) is 68.5 Å². The Kier molecular flexibility index (Phi) is 3.96. The summed E-state index contributed by atoms with van der Waals surface area (Å²) in [4.78, 5) is 26.7. The third kappa shape index (κ3) is 2.97. The van der Waals surface area contributed by atoms with E-state index in [-0.39, 0.29) is 23.1 Å². The first-order valence-electron chi connectivity index (χ1n) is 11.6. The third-order valence-corrected chi connectivity index (χ3v) is 7.36. The van der Waals surface area contributed by atoms with Gasteiger partial charge in [0.1, 0.15) is 17.2 Å². The monoisotopic (exact) mass is 467 g/mol. The first-order valence-corrected chi connectivity index (χ1v) is 11.6. The molecule has 5 aromatic rings. The lowest BCUT2D eigenvalue weighted by Gasteiger charge is -2.61. The predicted molar refractivity (Wildman–Crippen MR) is 129 cm³/mol. The highest BCUT2D eigenvalue weighted by atomic mass is 19.1. The summed E-state index contributed by atoms with van der Waals surface area (Å²) in [5, 5.41) is 3.17. The molecule has 3 aliphatic rings. The number of hydrogen-bond acceptors (Lipinski definition) is 5. The molecule has 0 spiro atoms. The molecule has 0 unspecified atom stereocenters. The van der Waals surface area contributed by atoms with Crippen LogP contribution in [0.4, 0.5) is 10.2 Å². The quantitative estimate of drug-likeness (QED) is 0.416. The minimum atomic E-state index is -0.338. The van der Waals surface area contributed by atoms with E-state index in [1.807, 2.05) is 34.1 Å². The van der Waals surface area contributed by atoms with E-state index in [2.05, 4.69) is 20.3 Å². The number of fused-ring (bicyclic) bond motifs is 2. The average Bonchev–Trinajstić information content (AvgIpc) is 3.40. The van der Waals surface area contributed by atoms with Gasteiger partial charge in [0.15, 0.2) is 11.5 Å². The van der Waals surface area contributed by atoms with E-state index in [0.717, 1.165) is 42.1 Å². The lowest BCUT2D eigenvalue weighted by Crippen LogP contribution is -2.68. The van der Waals surface area contributed by atoms with Crippen molar-refractivity contribution in [2.24, 2.45) is 5.92 Å². The molecule has 4 aromatic heterocycles. The van der Waals surface area contributed by atoms with Crippen LogP contribution < -0.4 is 11.1 Å². The Morgan fingerprint density at radius 2 is 1.80 bits per heavy atom. The number of aryl methyl sites for hydroxylation is 1. The van der Waals surface area contributed by atoms with Gasteiger partial charge >= 0.3 is 0 Å². The normalized spacial score (nSPS) is 20.6. The summed E-state index contributed by atoms with van der Waals surface area (Å²) in [6, 6.07) is 9.98. The summed E-state index contributed by atoms with van der Waals surface area (Å²) in [5.74, 6) is 0.400. The van der Waals surface area contributed by atoms with Gasteiger partial charge in [-0.25, -0.2) is 19.3 Å². The Balaban J connectivity index is 1.44. The molecule has 35 heavy (non-hydrogen) atoms. The highest BCUT2D eigenvalue weighted by Gasteiger charge is 2.57. The molecule has 0 atom stereocenters. The van der Waals surface area contributed by atoms with Crippen LogP contribution in [-0.2, 0) is 0 Å². The Labute approximate surface area is 199 Å². The molecule has 3 aliphatic carbocycles. The Hall–Kier alpha value is -4.27. The van der Waals surface area contributed by atoms with Crippen molar-refractivity contribution in [2.45, 2.75) is 31.7 Å². The number of rotatable bonds is 4. The number of carbonyl (C=O) groups excluding carboxylic acids is 1. The summed E-state index contributed by atoms with van der Waals surface area (Å²) < 4.78 is 17.5. The van der Waals surface area contributed by atoms with Crippen molar-refractivity contribution >= 4 is 23.0 Å². The second kappa shape index (κ2) is 6.88. The van der Waals surface area contributed by atoms with Gasteiger partial charge in [-0.2, -0.15) is 0 Å². The van der Waals surface area contributed by atoms with Crippen molar-refractivity contribution in [3.63, 3.8) is 0 Å². The lowest BCUT2D eigenvalue weighted by molar-refractivity contribution is -0.0439. The van der Waals surface area contributed by atoms with Gasteiger partial charge in [-0.15, -0.1) is 0 Å². The van der Waals surface area contributed by atoms with E-state index in [1.165, 1.54) is 12.1 Å². The maximum Gasteiger partial charge on any atom is 0.271 e. The second-order valence-electron chi connectivity index (χ2n) is 9.78. The first kappa shape index (κ1) is 20.1. The second-order valence-corrected chi connectivity index (χ2v) is 9.78. The number of aromatic nitrogens is 5. The number of pyridine rings is 1. The molecule has 174 valence electrons. The molecule has 3 saturated carbocycles. The van der Waals surface area contributed by atoms with Gasteiger partial charge in [0.25, 0.3) is 5.91 Å². The Morgan fingerprint density at radius 3 is 2.51 bits per heavy atom. The van der Waals surface area contributed by atoms with Gasteiger partial charge in [-0.1, -0.05) is 0 Å². The summed E-state index contributed by atoms with van der Waals surface area (Å²) in [6.45, 7) is 1.98. The van der Waals surface area contributed by atoms with Gasteiger partial charge in [-0.3, -0.25) is 9.20 Å². The summed E-state index contributed by atoms with van der Waals surface area (Å²) in [7, 11) is 0. The van der Waals surface area contributed by atoms with Gasteiger partial charge in [0, 0.05) is 41.0 Å². The Morgan fingerprint density at radius 1 is 1.06 bits per heavy atom. The number of benzene rings is 1. The third-order valence-electron chi connectivity index (χ3n) is 7.36. The average molecular weight is 468 g/mol. The standard InChI is InChI=1S/C26H22FN7O/c1-14-11-29-20-7-4-17(12-33(14)20)22-21(16-2-5-18(27)6-3-16)31-23(28)24-30-19(13-34(22)24)25(35)32-26-8-15(9-26)10-26/h2-7,11-13,15H,8-10H2,1H3,(H2,28,31)(H,32,35). The molecule has 3 fully saturated rings. The highest BCUT2D eigenvalue weighted by molar-refractivity contribution is 5.95. The Bertz CT molecular complexity index is 1650. The van der Waals surface area contributed by atoms with Crippen molar-refractivity contribution in [1.29, 1.82) is 0 Å². The fourth-order valence-electron chi connectivity index (χ4n) is 5.44. The van der Waals surface area contributed by atoms with Crippen LogP contribution >= 0.6 is 0 Å². The number of halogens is 1. The molecule has 0 radical (unpaired) electrons. The van der Waals surface area contributed by atoms with E-state index in [1.54, 1.807) is 24.5 Å². The smallest absolute Gasteiger partial charge is 0.271 e. The van der Waals surface area contributed by atoms with E-state index in [9.17, 15) is 9.18 Å². The van der Waals surface area contributed by atoms with Crippen LogP contribution in [0.1, 0.15) is 35.4 Å². The molecule has 2 bridgehead atoms. The number of nitrogens with two attached hydrogens (primary N) is 1. The maximum atomic E-state index is 13.7. The molecule has 1 aromatic carbocycles. The van der Waals surface area contributed by atoms with Crippen molar-refractivity contribution in [3.8, 4) is 22.5 Å². The minimum absolute atomic E-state index is 0.0621. The largest absolute Gasteiger partial charge is 0.381 e. The molecule has 0 aliphatic heterocycles. The number of anilines is 1. The van der Waals surface area contributed by atoms with Crippen LogP contribution in [0.15, 0.2) is 55.0 Å². The number of nitrogens with zero attached hydrogens (tertiary/aromatic N) is 5. The number of amides is 1. The number of imidazole rings is 2. The van der Waals surface area contributed by atoms with Crippen LogP contribution in [0.2, 0.25) is 0 Å². The zero-order valence-corrected chi connectivity index (χ0v) is 19.0. The van der Waals surface area contributed by atoms with Crippen LogP contribution in [0.25, 0.3) is 33.8 Å². The van der Waals surface area contributed by atoms with Gasteiger partial charge in [0.05, 0.1) is 11.4 Å². The fraction of sp³-hybridized carbons (Fsp3) is 0.231. The van der Waals surface area contributed by atoms with Crippen LogP contribution in [0, 0.1) is 18.7 Å². The molecule has 4 heterocycles. The van der Waals surface area contributed by atoms with E-state index in [4.69, 9.17) is 5.73 Å². The highest BCUT2D eigenvalue weighted by Crippen LogP contribution is 2.57. The van der Waals surface area contributed by atoms with E-state index in [0.29, 0.717) is 28.3 Å². The van der Waals surface area contributed by atoms with E-state index < -0.39 is 0 Å². The molecule has 8 nitrogen and oxygen atoms in total. The van der Waals surface area contributed by atoms with Crippen LogP contribution in [-0.4, -0.2) is 35.2 Å². The number of hydrogen-bond donors (Lipinski definition) is 2. The van der Waals surface area contributed by atoms with Crippen molar-refractivity contribution in [3.05, 3.63) is 72.2 Å². The van der Waals surface area contributed by atoms with Gasteiger partial charge in [0.2, 0.25) is 0 Å². The first-order chi connectivity index (χ1) is 16.9. The van der Waals surface area contributed by atoms with Crippen molar-refractivity contribution in [2.75, 3.05) is 5.73 Å².